The fourth-order valence-corrected chi connectivity index (χ4v) is 1.78. The Morgan fingerprint density at radius 1 is 1.56 bits per heavy atom. The average Bonchev–Trinajstić information content (AvgIpc) is 2.29. The van der Waals surface area contributed by atoms with E-state index >= 15 is 0 Å². The van der Waals surface area contributed by atoms with Crippen LogP contribution in [0.25, 0.3) is 0 Å². The zero-order valence-electron chi connectivity index (χ0n) is 8.93. The number of rotatable bonds is 5. The highest BCUT2D eigenvalue weighted by Gasteiger charge is 2.03. The minimum absolute atomic E-state index is 0.188. The van der Waals surface area contributed by atoms with Crippen LogP contribution in [0.4, 0.5) is 5.69 Å². The van der Waals surface area contributed by atoms with Gasteiger partial charge in [0.1, 0.15) is 0 Å². The zero-order valence-corrected chi connectivity index (χ0v) is 11.3. The van der Waals surface area contributed by atoms with Crippen LogP contribution in [0.15, 0.2) is 22.7 Å². The molecule has 0 atom stereocenters. The SMILES string of the molecule is COC(=O)CCCNc1cccc(Cl)c1Br. The van der Waals surface area contributed by atoms with Crippen LogP contribution in [-0.2, 0) is 9.53 Å². The highest BCUT2D eigenvalue weighted by molar-refractivity contribution is 9.10. The van der Waals surface area contributed by atoms with Gasteiger partial charge in [0, 0.05) is 18.7 Å². The summed E-state index contributed by atoms with van der Waals surface area (Å²) in [4.78, 5) is 10.9. The summed E-state index contributed by atoms with van der Waals surface area (Å²) in [6.07, 6.45) is 1.15. The van der Waals surface area contributed by atoms with Gasteiger partial charge in [0.2, 0.25) is 0 Å². The molecule has 0 unspecified atom stereocenters. The summed E-state index contributed by atoms with van der Waals surface area (Å²) in [5.74, 6) is -0.188. The average molecular weight is 307 g/mol. The topological polar surface area (TPSA) is 38.3 Å². The Balaban J connectivity index is 2.38. The molecule has 0 heterocycles. The van der Waals surface area contributed by atoms with Crippen molar-refractivity contribution in [2.45, 2.75) is 12.8 Å². The Bertz CT molecular complexity index is 371. The van der Waals surface area contributed by atoms with Crippen molar-refractivity contribution < 1.29 is 9.53 Å². The van der Waals surface area contributed by atoms with Gasteiger partial charge in [-0.15, -0.1) is 0 Å². The third-order valence-corrected chi connectivity index (χ3v) is 3.45. The fourth-order valence-electron chi connectivity index (χ4n) is 1.20. The van der Waals surface area contributed by atoms with Gasteiger partial charge in [-0.05, 0) is 34.5 Å². The first-order valence-electron chi connectivity index (χ1n) is 4.90. The Hall–Kier alpha value is -0.740. The highest BCUT2D eigenvalue weighted by Crippen LogP contribution is 2.29. The van der Waals surface area contributed by atoms with Crippen LogP contribution in [0.5, 0.6) is 0 Å². The number of ether oxygens (including phenoxy) is 1. The number of anilines is 1. The minimum Gasteiger partial charge on any atom is -0.469 e. The quantitative estimate of drug-likeness (QED) is 0.669. The normalized spacial score (nSPS) is 9.94. The standard InChI is InChI=1S/C11H13BrClNO2/c1-16-10(15)6-3-7-14-9-5-2-4-8(13)11(9)12/h2,4-5,14H,3,6-7H2,1H3. The molecule has 16 heavy (non-hydrogen) atoms. The lowest BCUT2D eigenvalue weighted by atomic mass is 10.3. The van der Waals surface area contributed by atoms with Crippen molar-refractivity contribution in [1.82, 2.24) is 0 Å². The van der Waals surface area contributed by atoms with E-state index in [4.69, 9.17) is 11.6 Å². The van der Waals surface area contributed by atoms with Gasteiger partial charge in [0.25, 0.3) is 0 Å². The van der Waals surface area contributed by atoms with Crippen LogP contribution in [0.2, 0.25) is 5.02 Å². The molecule has 0 bridgehead atoms. The Morgan fingerprint density at radius 2 is 2.31 bits per heavy atom. The molecule has 0 saturated carbocycles. The molecule has 0 aliphatic rings. The van der Waals surface area contributed by atoms with E-state index in [9.17, 15) is 4.79 Å². The van der Waals surface area contributed by atoms with Crippen molar-refractivity contribution in [1.29, 1.82) is 0 Å². The molecule has 0 saturated heterocycles. The van der Waals surface area contributed by atoms with E-state index in [1.807, 2.05) is 18.2 Å². The Morgan fingerprint density at radius 3 is 3.00 bits per heavy atom. The van der Waals surface area contributed by atoms with E-state index in [0.29, 0.717) is 18.0 Å². The molecule has 1 aromatic carbocycles. The Kier molecular flexibility index (Phi) is 5.63. The predicted octanol–water partition coefficient (Wildman–Crippen LogP) is 3.47. The number of hydrogen-bond acceptors (Lipinski definition) is 3. The van der Waals surface area contributed by atoms with Gasteiger partial charge in [-0.25, -0.2) is 0 Å². The lowest BCUT2D eigenvalue weighted by Gasteiger charge is -2.08. The van der Waals surface area contributed by atoms with Crippen LogP contribution in [0.1, 0.15) is 12.8 Å². The van der Waals surface area contributed by atoms with Crippen LogP contribution < -0.4 is 5.32 Å². The number of hydrogen-bond donors (Lipinski definition) is 1. The number of benzene rings is 1. The first kappa shape index (κ1) is 13.3. The minimum atomic E-state index is -0.188. The van der Waals surface area contributed by atoms with E-state index in [1.54, 1.807) is 0 Å². The number of halogens is 2. The van der Waals surface area contributed by atoms with Crippen LogP contribution in [0.3, 0.4) is 0 Å². The molecule has 1 rings (SSSR count). The predicted molar refractivity (Wildman–Crippen MR) is 68.9 cm³/mol. The van der Waals surface area contributed by atoms with E-state index in [-0.39, 0.29) is 5.97 Å². The third-order valence-electron chi connectivity index (χ3n) is 2.05. The summed E-state index contributed by atoms with van der Waals surface area (Å²) < 4.78 is 5.39. The molecule has 5 heteroatoms. The van der Waals surface area contributed by atoms with Gasteiger partial charge in [-0.3, -0.25) is 4.79 Å². The summed E-state index contributed by atoms with van der Waals surface area (Å²) in [5, 5.41) is 3.86. The molecular weight excluding hydrogens is 293 g/mol. The van der Waals surface area contributed by atoms with Crippen LogP contribution >= 0.6 is 27.5 Å². The monoisotopic (exact) mass is 305 g/mol. The van der Waals surface area contributed by atoms with E-state index < -0.39 is 0 Å². The van der Waals surface area contributed by atoms with E-state index in [1.165, 1.54) is 7.11 Å². The van der Waals surface area contributed by atoms with Crippen molar-refractivity contribution in [2.75, 3.05) is 19.0 Å². The lowest BCUT2D eigenvalue weighted by Crippen LogP contribution is -2.06. The summed E-state index contributed by atoms with van der Waals surface area (Å²) >= 11 is 9.33. The van der Waals surface area contributed by atoms with Gasteiger partial charge in [-0.1, -0.05) is 17.7 Å². The molecule has 0 amide bonds. The number of nitrogens with one attached hydrogen (secondary N) is 1. The number of carbonyl (C=O) groups excluding carboxylic acids is 1. The van der Waals surface area contributed by atoms with Crippen molar-refractivity contribution in [3.63, 3.8) is 0 Å². The summed E-state index contributed by atoms with van der Waals surface area (Å²) in [7, 11) is 1.39. The molecule has 0 aromatic heterocycles. The van der Waals surface area contributed by atoms with Gasteiger partial charge in [0.15, 0.2) is 0 Å². The van der Waals surface area contributed by atoms with Gasteiger partial charge in [-0.2, -0.15) is 0 Å². The van der Waals surface area contributed by atoms with Gasteiger partial charge >= 0.3 is 5.97 Å². The van der Waals surface area contributed by atoms with Gasteiger partial charge < -0.3 is 10.1 Å². The van der Waals surface area contributed by atoms with Gasteiger partial charge in [0.05, 0.1) is 16.6 Å². The largest absolute Gasteiger partial charge is 0.469 e. The second-order valence-electron chi connectivity index (χ2n) is 3.21. The second kappa shape index (κ2) is 6.76. The fraction of sp³-hybridized carbons (Fsp3) is 0.364. The summed E-state index contributed by atoms with van der Waals surface area (Å²) in [6, 6.07) is 5.61. The highest BCUT2D eigenvalue weighted by atomic mass is 79.9. The van der Waals surface area contributed by atoms with Crippen molar-refractivity contribution in [3.8, 4) is 0 Å². The number of esters is 1. The van der Waals surface area contributed by atoms with E-state index in [2.05, 4.69) is 26.0 Å². The maximum Gasteiger partial charge on any atom is 0.305 e. The maximum absolute atomic E-state index is 10.9. The maximum atomic E-state index is 10.9. The molecule has 3 nitrogen and oxygen atoms in total. The molecule has 0 aliphatic carbocycles. The summed E-state index contributed by atoms with van der Waals surface area (Å²) in [6.45, 7) is 0.702. The van der Waals surface area contributed by atoms with Crippen LogP contribution in [0, 0.1) is 0 Å². The smallest absolute Gasteiger partial charge is 0.305 e. The first-order chi connectivity index (χ1) is 7.65. The molecule has 1 N–H and O–H groups in total. The molecular formula is C11H13BrClNO2. The molecule has 0 aliphatic heterocycles. The molecule has 0 spiro atoms. The number of methoxy groups -OCH3 is 1. The third kappa shape index (κ3) is 4.02. The lowest BCUT2D eigenvalue weighted by molar-refractivity contribution is -0.140. The van der Waals surface area contributed by atoms with Crippen molar-refractivity contribution >= 4 is 39.2 Å². The number of carbonyl (C=O) groups is 1. The van der Waals surface area contributed by atoms with Crippen molar-refractivity contribution in [2.24, 2.45) is 0 Å². The van der Waals surface area contributed by atoms with Crippen LogP contribution in [-0.4, -0.2) is 19.6 Å². The van der Waals surface area contributed by atoms with E-state index in [0.717, 1.165) is 16.6 Å². The second-order valence-corrected chi connectivity index (χ2v) is 4.41. The Labute approximate surface area is 108 Å². The first-order valence-corrected chi connectivity index (χ1v) is 6.07. The molecule has 0 radical (unpaired) electrons. The molecule has 1 aromatic rings. The van der Waals surface area contributed by atoms with Crippen molar-refractivity contribution in [3.05, 3.63) is 27.7 Å². The molecule has 88 valence electrons. The summed E-state index contributed by atoms with van der Waals surface area (Å²) in [5.41, 5.74) is 0.928. The zero-order chi connectivity index (χ0) is 12.0. The molecule has 0 fully saturated rings.